The number of carbonyl (C=O) groups excluding carboxylic acids is 1. The van der Waals surface area contributed by atoms with E-state index in [0.29, 0.717) is 36.7 Å². The summed E-state index contributed by atoms with van der Waals surface area (Å²) in [6.07, 6.45) is 7.29. The number of ether oxygens (including phenoxy) is 2. The first-order valence-electron chi connectivity index (χ1n) is 13.5. The smallest absolute Gasteiger partial charge is 0.227 e. The molecule has 2 unspecified atom stereocenters. The number of benzene rings is 1. The maximum atomic E-state index is 14.6. The summed E-state index contributed by atoms with van der Waals surface area (Å²) in [6, 6.07) is 2.31. The van der Waals surface area contributed by atoms with Crippen LogP contribution < -0.4 is 14.4 Å². The molecule has 2 aliphatic heterocycles. The quantitative estimate of drug-likeness (QED) is 0.502. The van der Waals surface area contributed by atoms with Crippen LogP contribution in [0.4, 0.5) is 14.7 Å². The number of rotatable bonds is 10. The summed E-state index contributed by atoms with van der Waals surface area (Å²) in [5, 5.41) is 9.77. The van der Waals surface area contributed by atoms with Gasteiger partial charge in [-0.2, -0.15) is 0 Å². The molecule has 1 aliphatic carbocycles. The van der Waals surface area contributed by atoms with E-state index in [1.54, 1.807) is 19.3 Å². The number of aromatic nitrogens is 2. The zero-order valence-corrected chi connectivity index (χ0v) is 22.0. The van der Waals surface area contributed by atoms with Gasteiger partial charge >= 0.3 is 0 Å². The average Bonchev–Trinajstić information content (AvgIpc) is 3.65. The van der Waals surface area contributed by atoms with Crippen molar-refractivity contribution in [2.75, 3.05) is 44.3 Å². The Balaban J connectivity index is 1.03. The van der Waals surface area contributed by atoms with Gasteiger partial charge in [-0.25, -0.2) is 18.7 Å². The number of likely N-dealkylation sites (tertiary alicyclic amines) is 1. The summed E-state index contributed by atoms with van der Waals surface area (Å²) < 4.78 is 40.2. The number of hydrogen-bond donors (Lipinski definition) is 1. The highest BCUT2D eigenvalue weighted by atomic mass is 19.1. The van der Waals surface area contributed by atoms with Gasteiger partial charge < -0.3 is 24.4 Å². The normalized spacial score (nSPS) is 22.7. The lowest BCUT2D eigenvalue weighted by atomic mass is 9.90. The zero-order chi connectivity index (χ0) is 26.9. The van der Waals surface area contributed by atoms with Crippen LogP contribution in [0, 0.1) is 29.4 Å². The molecule has 2 atom stereocenters. The number of aliphatic hydroxyl groups is 1. The maximum absolute atomic E-state index is 14.6. The monoisotopic (exact) mass is 530 g/mol. The molecule has 3 fully saturated rings. The number of hydrogen-bond acceptors (Lipinski definition) is 7. The van der Waals surface area contributed by atoms with Crippen LogP contribution in [0.15, 0.2) is 24.5 Å². The Morgan fingerprint density at radius 3 is 2.37 bits per heavy atom. The lowest BCUT2D eigenvalue weighted by Gasteiger charge is -2.44. The third kappa shape index (κ3) is 6.17. The second-order valence-corrected chi connectivity index (χ2v) is 11.1. The fourth-order valence-electron chi connectivity index (χ4n) is 5.80. The molecule has 38 heavy (non-hydrogen) atoms. The summed E-state index contributed by atoms with van der Waals surface area (Å²) in [5.74, 6) is 1.52. The number of piperidine rings is 1. The van der Waals surface area contributed by atoms with Crippen LogP contribution in [0.1, 0.15) is 45.1 Å². The molecular weight excluding hydrogens is 494 g/mol. The van der Waals surface area contributed by atoms with Crippen molar-refractivity contribution in [2.24, 2.45) is 17.8 Å². The zero-order valence-electron chi connectivity index (χ0n) is 22.0. The number of amides is 1. The van der Waals surface area contributed by atoms with Crippen LogP contribution in [0.3, 0.4) is 0 Å². The molecule has 0 radical (unpaired) electrons. The molecule has 1 aromatic heterocycles. The Labute approximate surface area is 222 Å². The fourth-order valence-corrected chi connectivity index (χ4v) is 5.80. The molecule has 1 saturated carbocycles. The fraction of sp³-hybridized carbons (Fsp3) is 0.607. The van der Waals surface area contributed by atoms with E-state index in [1.165, 1.54) is 11.3 Å². The number of anilines is 1. The van der Waals surface area contributed by atoms with Crippen LogP contribution in [0.25, 0.3) is 0 Å². The van der Waals surface area contributed by atoms with Gasteiger partial charge in [0.15, 0.2) is 5.75 Å². The highest BCUT2D eigenvalue weighted by molar-refractivity contribution is 5.80. The number of carbonyl (C=O) groups is 1. The van der Waals surface area contributed by atoms with Gasteiger partial charge in [0.2, 0.25) is 11.9 Å². The van der Waals surface area contributed by atoms with Crippen molar-refractivity contribution in [3.05, 3.63) is 41.7 Å². The predicted octanol–water partition coefficient (Wildman–Crippen LogP) is 3.61. The van der Waals surface area contributed by atoms with Gasteiger partial charge in [0, 0.05) is 30.8 Å². The van der Waals surface area contributed by atoms with Gasteiger partial charge in [-0.1, -0.05) is 0 Å². The lowest BCUT2D eigenvalue weighted by molar-refractivity contribution is -0.151. The third-order valence-corrected chi connectivity index (χ3v) is 7.95. The molecule has 8 nitrogen and oxygen atoms in total. The molecule has 1 amide bonds. The van der Waals surface area contributed by atoms with Crippen molar-refractivity contribution in [2.45, 2.75) is 51.6 Å². The Morgan fingerprint density at radius 1 is 1.11 bits per heavy atom. The molecule has 3 heterocycles. The topological polar surface area (TPSA) is 88.0 Å². The van der Waals surface area contributed by atoms with E-state index < -0.39 is 23.1 Å². The van der Waals surface area contributed by atoms with Crippen LogP contribution in [0.5, 0.6) is 11.5 Å². The van der Waals surface area contributed by atoms with Gasteiger partial charge in [-0.05, 0) is 57.3 Å². The van der Waals surface area contributed by atoms with Crippen molar-refractivity contribution in [1.29, 1.82) is 0 Å². The van der Waals surface area contributed by atoms with Crippen LogP contribution in [-0.2, 0) is 11.2 Å². The highest BCUT2D eigenvalue weighted by Crippen LogP contribution is 2.50. The number of halogens is 2. The summed E-state index contributed by atoms with van der Waals surface area (Å²) in [6.45, 7) is 6.77. The SMILES string of the molecule is CCOc1cnc(N2CCC(C3CC3CCOc3cc(F)c(CC(=O)N4CC(C)(O)C4)c(F)c3)CC2)nc1. The third-order valence-electron chi connectivity index (χ3n) is 7.95. The number of β-amino-alcohol motifs (C(OH)–C–C–N with tert-alkyl or cyclic N) is 1. The maximum Gasteiger partial charge on any atom is 0.227 e. The standard InChI is InChI=1S/C28H36F2N4O4/c1-3-37-21-14-31-27(32-15-21)33-7-4-18(5-8-33)22-10-19(22)6-9-38-20-11-24(29)23(25(30)12-20)13-26(35)34-16-28(2,36)17-34/h11-12,14-15,18-19,22,36H,3-10,13,16-17H2,1-2H3. The van der Waals surface area contributed by atoms with Gasteiger partial charge in [0.1, 0.15) is 17.4 Å². The van der Waals surface area contributed by atoms with Gasteiger partial charge in [0.25, 0.3) is 0 Å². The molecule has 10 heteroatoms. The van der Waals surface area contributed by atoms with E-state index in [-0.39, 0.29) is 30.8 Å². The van der Waals surface area contributed by atoms with Gasteiger partial charge in [-0.3, -0.25) is 4.79 Å². The average molecular weight is 531 g/mol. The Hall–Kier alpha value is -3.01. The van der Waals surface area contributed by atoms with E-state index in [2.05, 4.69) is 14.9 Å². The molecule has 0 spiro atoms. The Bertz CT molecular complexity index is 1110. The van der Waals surface area contributed by atoms with Gasteiger partial charge in [-0.15, -0.1) is 0 Å². The van der Waals surface area contributed by atoms with Crippen molar-refractivity contribution in [3.8, 4) is 11.5 Å². The molecule has 2 aromatic rings. The van der Waals surface area contributed by atoms with Crippen molar-refractivity contribution in [3.63, 3.8) is 0 Å². The van der Waals surface area contributed by atoms with E-state index in [9.17, 15) is 18.7 Å². The minimum atomic E-state index is -0.922. The summed E-state index contributed by atoms with van der Waals surface area (Å²) in [7, 11) is 0. The van der Waals surface area contributed by atoms with Crippen LogP contribution in [0.2, 0.25) is 0 Å². The van der Waals surface area contributed by atoms with Crippen molar-refractivity contribution < 1.29 is 28.2 Å². The van der Waals surface area contributed by atoms with E-state index in [4.69, 9.17) is 9.47 Å². The van der Waals surface area contributed by atoms with Crippen molar-refractivity contribution in [1.82, 2.24) is 14.9 Å². The van der Waals surface area contributed by atoms with Crippen LogP contribution >= 0.6 is 0 Å². The summed E-state index contributed by atoms with van der Waals surface area (Å²) in [4.78, 5) is 24.7. The lowest BCUT2D eigenvalue weighted by Crippen LogP contribution is -2.62. The van der Waals surface area contributed by atoms with Crippen LogP contribution in [-0.4, -0.2) is 70.9 Å². The van der Waals surface area contributed by atoms with E-state index in [0.717, 1.165) is 50.4 Å². The first-order valence-corrected chi connectivity index (χ1v) is 13.5. The van der Waals surface area contributed by atoms with Crippen molar-refractivity contribution >= 4 is 11.9 Å². The van der Waals surface area contributed by atoms with E-state index >= 15 is 0 Å². The Kier molecular flexibility index (Phi) is 7.70. The molecule has 206 valence electrons. The molecule has 1 N–H and O–H groups in total. The first kappa shape index (κ1) is 26.6. The molecular formula is C28H36F2N4O4. The Morgan fingerprint density at radius 2 is 1.76 bits per heavy atom. The first-order chi connectivity index (χ1) is 18.2. The largest absolute Gasteiger partial charge is 0.493 e. The molecule has 1 aromatic carbocycles. The molecule has 0 bridgehead atoms. The minimum Gasteiger partial charge on any atom is -0.493 e. The minimum absolute atomic E-state index is 0.143. The second-order valence-electron chi connectivity index (χ2n) is 11.1. The highest BCUT2D eigenvalue weighted by Gasteiger charge is 2.43. The number of nitrogens with zero attached hydrogens (tertiary/aromatic N) is 4. The summed E-state index contributed by atoms with van der Waals surface area (Å²) >= 11 is 0. The van der Waals surface area contributed by atoms with E-state index in [1.807, 2.05) is 6.92 Å². The molecule has 5 rings (SSSR count). The predicted molar refractivity (Wildman–Crippen MR) is 137 cm³/mol. The second kappa shape index (κ2) is 11.0. The van der Waals surface area contributed by atoms with Gasteiger partial charge in [0.05, 0.1) is 50.7 Å². The summed E-state index contributed by atoms with van der Waals surface area (Å²) in [5.41, 5.74) is -1.19. The molecule has 2 saturated heterocycles. The molecule has 3 aliphatic rings.